The third-order valence-electron chi connectivity index (χ3n) is 5.21. The first-order chi connectivity index (χ1) is 14.3. The van der Waals surface area contributed by atoms with Gasteiger partial charge in [0.25, 0.3) is 0 Å². The molecule has 0 saturated carbocycles. The Balaban J connectivity index is 1.42. The van der Waals surface area contributed by atoms with Crippen molar-refractivity contribution < 1.29 is 17.9 Å². The van der Waals surface area contributed by atoms with Gasteiger partial charge in [0, 0.05) is 23.5 Å². The molecular formula is C22H27BrN2O4S. The Bertz CT molecular complexity index is 973. The average Bonchev–Trinajstić information content (AvgIpc) is 2.72. The quantitative estimate of drug-likeness (QED) is 0.569. The lowest BCUT2D eigenvalue weighted by Gasteiger charge is -2.30. The van der Waals surface area contributed by atoms with E-state index < -0.39 is 10.0 Å². The summed E-state index contributed by atoms with van der Waals surface area (Å²) in [5.74, 6) is 0.587. The van der Waals surface area contributed by atoms with E-state index in [-0.39, 0.29) is 17.6 Å². The molecule has 1 saturated heterocycles. The number of hydrogen-bond donors (Lipinski definition) is 1. The molecule has 1 aliphatic rings. The van der Waals surface area contributed by atoms with Crippen LogP contribution in [0.5, 0.6) is 5.75 Å². The molecule has 30 heavy (non-hydrogen) atoms. The van der Waals surface area contributed by atoms with Crippen LogP contribution in [0, 0.1) is 12.8 Å². The van der Waals surface area contributed by atoms with Gasteiger partial charge >= 0.3 is 0 Å². The van der Waals surface area contributed by atoms with E-state index >= 15 is 0 Å². The van der Waals surface area contributed by atoms with Crippen molar-refractivity contribution in [2.45, 2.75) is 25.5 Å². The molecule has 1 fully saturated rings. The Hall–Kier alpha value is -1.90. The summed E-state index contributed by atoms with van der Waals surface area (Å²) in [7, 11) is -3.40. The summed E-state index contributed by atoms with van der Waals surface area (Å²) in [6.07, 6.45) is 1.06. The van der Waals surface area contributed by atoms with Gasteiger partial charge < -0.3 is 10.1 Å². The van der Waals surface area contributed by atoms with Gasteiger partial charge in [-0.1, -0.05) is 46.3 Å². The number of rotatable bonds is 8. The number of amides is 1. The summed E-state index contributed by atoms with van der Waals surface area (Å²) in [5, 5.41) is 2.90. The zero-order valence-corrected chi connectivity index (χ0v) is 19.4. The fourth-order valence-corrected chi connectivity index (χ4v) is 5.52. The second-order valence-electron chi connectivity index (χ2n) is 7.46. The number of ether oxygens (including phenoxy) is 1. The van der Waals surface area contributed by atoms with Crippen molar-refractivity contribution >= 4 is 31.9 Å². The van der Waals surface area contributed by atoms with Crippen LogP contribution in [0.4, 0.5) is 0 Å². The molecule has 0 radical (unpaired) electrons. The second-order valence-corrected chi connectivity index (χ2v) is 10.3. The molecule has 2 aromatic rings. The number of para-hydroxylation sites is 1. The molecule has 0 spiro atoms. The van der Waals surface area contributed by atoms with Gasteiger partial charge in [-0.15, -0.1) is 0 Å². The normalized spacial score (nSPS) is 15.7. The largest absolute Gasteiger partial charge is 0.491 e. The topological polar surface area (TPSA) is 75.7 Å². The van der Waals surface area contributed by atoms with E-state index in [1.54, 1.807) is 0 Å². The highest BCUT2D eigenvalue weighted by atomic mass is 79.9. The first-order valence-corrected chi connectivity index (χ1v) is 12.4. The van der Waals surface area contributed by atoms with E-state index in [2.05, 4.69) is 21.2 Å². The van der Waals surface area contributed by atoms with E-state index in [9.17, 15) is 13.2 Å². The summed E-state index contributed by atoms with van der Waals surface area (Å²) in [4.78, 5) is 12.4. The second kappa shape index (κ2) is 10.4. The Kier molecular flexibility index (Phi) is 7.91. The van der Waals surface area contributed by atoms with Gasteiger partial charge in [-0.05, 0) is 49.1 Å². The highest BCUT2D eigenvalue weighted by Gasteiger charge is 2.31. The van der Waals surface area contributed by atoms with Crippen molar-refractivity contribution in [1.82, 2.24) is 9.62 Å². The summed E-state index contributed by atoms with van der Waals surface area (Å²) >= 11 is 3.37. The monoisotopic (exact) mass is 494 g/mol. The molecule has 1 N–H and O–H groups in total. The molecule has 0 bridgehead atoms. The van der Waals surface area contributed by atoms with Crippen LogP contribution in [0.2, 0.25) is 0 Å². The van der Waals surface area contributed by atoms with Gasteiger partial charge in [-0.25, -0.2) is 12.7 Å². The van der Waals surface area contributed by atoms with E-state index in [1.807, 2.05) is 55.5 Å². The van der Waals surface area contributed by atoms with Gasteiger partial charge in [0.1, 0.15) is 12.4 Å². The molecule has 0 unspecified atom stereocenters. The minimum Gasteiger partial charge on any atom is -0.491 e. The van der Waals surface area contributed by atoms with Crippen molar-refractivity contribution in [3.05, 3.63) is 64.1 Å². The van der Waals surface area contributed by atoms with E-state index in [0.29, 0.717) is 39.1 Å². The number of aryl methyl sites for hydroxylation is 1. The molecule has 162 valence electrons. The number of nitrogens with zero attached hydrogens (tertiary/aromatic N) is 1. The van der Waals surface area contributed by atoms with Crippen LogP contribution in [0.15, 0.2) is 53.0 Å². The number of hydrogen-bond acceptors (Lipinski definition) is 4. The Morgan fingerprint density at radius 3 is 2.60 bits per heavy atom. The zero-order chi connectivity index (χ0) is 21.6. The number of piperidine rings is 1. The molecule has 1 heterocycles. The highest BCUT2D eigenvalue weighted by molar-refractivity contribution is 9.10. The number of sulfonamides is 1. The minimum atomic E-state index is -3.40. The molecule has 1 aliphatic heterocycles. The molecule has 0 aliphatic carbocycles. The lowest BCUT2D eigenvalue weighted by atomic mass is 9.97. The predicted octanol–water partition coefficient (Wildman–Crippen LogP) is 3.49. The Labute approximate surface area is 186 Å². The van der Waals surface area contributed by atoms with E-state index in [4.69, 9.17) is 4.74 Å². The van der Waals surface area contributed by atoms with Gasteiger partial charge in [0.15, 0.2) is 0 Å². The van der Waals surface area contributed by atoms with Crippen molar-refractivity contribution in [2.24, 2.45) is 5.92 Å². The number of halogens is 1. The summed E-state index contributed by atoms with van der Waals surface area (Å²) in [6, 6.07) is 15.1. The summed E-state index contributed by atoms with van der Waals surface area (Å²) in [5.41, 5.74) is 1.80. The van der Waals surface area contributed by atoms with Crippen molar-refractivity contribution in [1.29, 1.82) is 0 Å². The number of carbonyl (C=O) groups is 1. The third-order valence-corrected chi connectivity index (χ3v) is 7.55. The molecule has 8 heteroatoms. The summed E-state index contributed by atoms with van der Waals surface area (Å²) in [6.45, 7) is 3.54. The van der Waals surface area contributed by atoms with Gasteiger partial charge in [-0.2, -0.15) is 0 Å². The Morgan fingerprint density at radius 1 is 1.17 bits per heavy atom. The predicted molar refractivity (Wildman–Crippen MR) is 121 cm³/mol. The summed E-state index contributed by atoms with van der Waals surface area (Å²) < 4.78 is 33.5. The lowest BCUT2D eigenvalue weighted by molar-refractivity contribution is -0.126. The lowest BCUT2D eigenvalue weighted by Crippen LogP contribution is -2.43. The fourth-order valence-electron chi connectivity index (χ4n) is 3.52. The first-order valence-electron chi connectivity index (χ1n) is 10.0. The van der Waals surface area contributed by atoms with Gasteiger partial charge in [0.2, 0.25) is 15.9 Å². The maximum Gasteiger partial charge on any atom is 0.223 e. The maximum absolute atomic E-state index is 12.7. The van der Waals surface area contributed by atoms with Gasteiger partial charge in [-0.3, -0.25) is 4.79 Å². The standard InChI is InChI=1S/C22H27BrN2O4S/c1-17-5-2-3-8-21(17)29-14-11-24-22(26)19-9-12-25(13-10-19)30(27,28)16-18-6-4-7-20(23)15-18/h2-8,15,19H,9-14,16H2,1H3,(H,24,26). The molecule has 0 aromatic heterocycles. The van der Waals surface area contributed by atoms with Crippen LogP contribution >= 0.6 is 15.9 Å². The SMILES string of the molecule is Cc1ccccc1OCCNC(=O)C1CCN(S(=O)(=O)Cc2cccc(Br)c2)CC1. The molecule has 3 rings (SSSR count). The van der Waals surface area contributed by atoms with E-state index in [1.165, 1.54) is 4.31 Å². The fraction of sp³-hybridized carbons (Fsp3) is 0.409. The van der Waals surface area contributed by atoms with Crippen LogP contribution in [-0.2, 0) is 20.6 Å². The first kappa shape index (κ1) is 22.8. The zero-order valence-electron chi connectivity index (χ0n) is 17.0. The van der Waals surface area contributed by atoms with Gasteiger partial charge in [0.05, 0.1) is 12.3 Å². The molecule has 0 atom stereocenters. The smallest absolute Gasteiger partial charge is 0.223 e. The molecular weight excluding hydrogens is 468 g/mol. The van der Waals surface area contributed by atoms with Crippen molar-refractivity contribution in [2.75, 3.05) is 26.2 Å². The van der Waals surface area contributed by atoms with Crippen molar-refractivity contribution in [3.63, 3.8) is 0 Å². The molecule has 2 aromatic carbocycles. The highest BCUT2D eigenvalue weighted by Crippen LogP contribution is 2.23. The van der Waals surface area contributed by atoms with Crippen LogP contribution in [-0.4, -0.2) is 44.9 Å². The average molecular weight is 495 g/mol. The van der Waals surface area contributed by atoms with Crippen LogP contribution in [0.3, 0.4) is 0 Å². The van der Waals surface area contributed by atoms with Crippen LogP contribution < -0.4 is 10.1 Å². The molecule has 6 nitrogen and oxygen atoms in total. The number of carbonyl (C=O) groups excluding carboxylic acids is 1. The number of nitrogens with one attached hydrogen (secondary N) is 1. The minimum absolute atomic E-state index is 0.0282. The van der Waals surface area contributed by atoms with Crippen LogP contribution in [0.1, 0.15) is 24.0 Å². The van der Waals surface area contributed by atoms with E-state index in [0.717, 1.165) is 21.3 Å². The maximum atomic E-state index is 12.7. The Morgan fingerprint density at radius 2 is 1.90 bits per heavy atom. The van der Waals surface area contributed by atoms with Crippen molar-refractivity contribution in [3.8, 4) is 5.75 Å². The number of benzene rings is 2. The molecule has 1 amide bonds. The third kappa shape index (κ3) is 6.30. The van der Waals surface area contributed by atoms with Crippen LogP contribution in [0.25, 0.3) is 0 Å².